The molecule has 30 heavy (non-hydrogen) atoms. The van der Waals surface area contributed by atoms with Gasteiger partial charge in [-0.15, -0.1) is 0 Å². The summed E-state index contributed by atoms with van der Waals surface area (Å²) in [5, 5.41) is 5.42. The van der Waals surface area contributed by atoms with E-state index >= 15 is 0 Å². The molecule has 3 nitrogen and oxygen atoms in total. The van der Waals surface area contributed by atoms with Crippen molar-refractivity contribution in [3.05, 3.63) is 114 Å². The predicted molar refractivity (Wildman–Crippen MR) is 122 cm³/mol. The molecule has 0 aliphatic rings. The van der Waals surface area contributed by atoms with E-state index in [0.29, 0.717) is 5.56 Å². The Morgan fingerprint density at radius 1 is 0.800 bits per heavy atom. The molecule has 1 N–H and O–H groups in total. The normalized spacial score (nSPS) is 11.8. The molecule has 0 saturated heterocycles. The zero-order valence-corrected chi connectivity index (χ0v) is 17.0. The molecule has 0 aliphatic carbocycles. The van der Waals surface area contributed by atoms with E-state index in [9.17, 15) is 4.79 Å². The molecule has 0 aromatic heterocycles. The molecule has 0 aliphatic heterocycles. The Bertz CT molecular complexity index is 1120. The van der Waals surface area contributed by atoms with Gasteiger partial charge >= 0.3 is 0 Å². The summed E-state index contributed by atoms with van der Waals surface area (Å²) in [6.07, 6.45) is 1.68. The number of methoxy groups -OCH3 is 1. The van der Waals surface area contributed by atoms with E-state index in [4.69, 9.17) is 4.74 Å². The molecule has 4 aromatic rings. The number of rotatable bonds is 7. The lowest BCUT2D eigenvalue weighted by atomic mass is 9.93. The third-order valence-corrected chi connectivity index (χ3v) is 5.42. The van der Waals surface area contributed by atoms with Crippen LogP contribution in [0.1, 0.15) is 33.9 Å². The van der Waals surface area contributed by atoms with Crippen LogP contribution in [0.4, 0.5) is 0 Å². The summed E-state index contributed by atoms with van der Waals surface area (Å²) in [6.45, 7) is 0. The molecule has 0 heterocycles. The second-order valence-corrected chi connectivity index (χ2v) is 7.32. The first kappa shape index (κ1) is 19.7. The standard InChI is InChI=1S/C27H25NO2/c1-30-26-19-17-23(22-14-8-9-15-24(22)26)25(18-16-20-10-4-2-5-11-20)28-27(29)21-12-6-3-7-13-21/h2-15,17,19,25H,16,18H2,1H3,(H,28,29). The molecule has 1 unspecified atom stereocenters. The van der Waals surface area contributed by atoms with Crippen molar-refractivity contribution in [2.45, 2.75) is 18.9 Å². The second-order valence-electron chi connectivity index (χ2n) is 7.32. The lowest BCUT2D eigenvalue weighted by molar-refractivity contribution is 0.0935. The number of benzene rings is 4. The van der Waals surface area contributed by atoms with Crippen LogP contribution >= 0.6 is 0 Å². The van der Waals surface area contributed by atoms with Crippen molar-refractivity contribution in [1.82, 2.24) is 5.32 Å². The minimum Gasteiger partial charge on any atom is -0.496 e. The average molecular weight is 396 g/mol. The minimum absolute atomic E-state index is 0.0615. The summed E-state index contributed by atoms with van der Waals surface area (Å²) in [6, 6.07) is 31.9. The maximum atomic E-state index is 13.0. The van der Waals surface area contributed by atoms with Gasteiger partial charge in [0.05, 0.1) is 13.2 Å². The molecule has 150 valence electrons. The molecular formula is C27H25NO2. The van der Waals surface area contributed by atoms with Crippen LogP contribution in [0.2, 0.25) is 0 Å². The molecule has 0 bridgehead atoms. The number of ether oxygens (including phenoxy) is 1. The Labute approximate surface area is 177 Å². The zero-order valence-electron chi connectivity index (χ0n) is 17.0. The first-order valence-electron chi connectivity index (χ1n) is 10.2. The smallest absolute Gasteiger partial charge is 0.251 e. The largest absolute Gasteiger partial charge is 0.496 e. The van der Waals surface area contributed by atoms with Crippen LogP contribution in [-0.2, 0) is 6.42 Å². The van der Waals surface area contributed by atoms with Gasteiger partial charge in [0.1, 0.15) is 5.75 Å². The van der Waals surface area contributed by atoms with E-state index in [2.05, 4.69) is 47.8 Å². The van der Waals surface area contributed by atoms with Crippen LogP contribution in [0.5, 0.6) is 5.75 Å². The summed E-state index contributed by atoms with van der Waals surface area (Å²) in [7, 11) is 1.69. The minimum atomic E-state index is -0.117. The fourth-order valence-electron chi connectivity index (χ4n) is 3.87. The molecule has 4 rings (SSSR count). The summed E-state index contributed by atoms with van der Waals surface area (Å²) >= 11 is 0. The Morgan fingerprint density at radius 3 is 2.13 bits per heavy atom. The van der Waals surface area contributed by atoms with Crippen molar-refractivity contribution < 1.29 is 9.53 Å². The average Bonchev–Trinajstić information content (AvgIpc) is 2.82. The number of hydrogen-bond donors (Lipinski definition) is 1. The molecule has 4 aromatic carbocycles. The summed E-state index contributed by atoms with van der Waals surface area (Å²) in [4.78, 5) is 13.0. The highest BCUT2D eigenvalue weighted by Crippen LogP contribution is 2.33. The van der Waals surface area contributed by atoms with Gasteiger partial charge in [-0.25, -0.2) is 0 Å². The second kappa shape index (κ2) is 9.27. The highest BCUT2D eigenvalue weighted by atomic mass is 16.5. The Kier molecular flexibility index (Phi) is 6.09. The molecule has 0 spiro atoms. The van der Waals surface area contributed by atoms with Crippen molar-refractivity contribution in [3.63, 3.8) is 0 Å². The SMILES string of the molecule is COc1ccc(C(CCc2ccccc2)NC(=O)c2ccccc2)c2ccccc12. The maximum absolute atomic E-state index is 13.0. The number of aryl methyl sites for hydroxylation is 1. The molecule has 1 atom stereocenters. The van der Waals surface area contributed by atoms with E-state index in [0.717, 1.165) is 34.9 Å². The van der Waals surface area contributed by atoms with Crippen molar-refractivity contribution in [3.8, 4) is 5.75 Å². The van der Waals surface area contributed by atoms with Crippen LogP contribution < -0.4 is 10.1 Å². The number of nitrogens with one attached hydrogen (secondary N) is 1. The fourth-order valence-corrected chi connectivity index (χ4v) is 3.87. The number of carbonyl (C=O) groups excluding carboxylic acids is 1. The number of fused-ring (bicyclic) bond motifs is 1. The quantitative estimate of drug-likeness (QED) is 0.420. The topological polar surface area (TPSA) is 38.3 Å². The van der Waals surface area contributed by atoms with Crippen LogP contribution in [0.3, 0.4) is 0 Å². The molecule has 0 radical (unpaired) electrons. The number of hydrogen-bond acceptors (Lipinski definition) is 2. The summed E-state index contributed by atoms with van der Waals surface area (Å²) in [5.74, 6) is 0.777. The first-order chi connectivity index (χ1) is 14.8. The van der Waals surface area contributed by atoms with E-state index in [-0.39, 0.29) is 11.9 Å². The van der Waals surface area contributed by atoms with Gasteiger partial charge in [-0.05, 0) is 47.6 Å². The van der Waals surface area contributed by atoms with Gasteiger partial charge in [0.25, 0.3) is 5.91 Å². The molecular weight excluding hydrogens is 370 g/mol. The van der Waals surface area contributed by atoms with Crippen molar-refractivity contribution in [1.29, 1.82) is 0 Å². The van der Waals surface area contributed by atoms with E-state index in [1.807, 2.05) is 54.6 Å². The van der Waals surface area contributed by atoms with Crippen molar-refractivity contribution in [2.75, 3.05) is 7.11 Å². The predicted octanol–water partition coefficient (Wildman–Crippen LogP) is 5.95. The monoisotopic (exact) mass is 395 g/mol. The van der Waals surface area contributed by atoms with Gasteiger partial charge in [-0.2, -0.15) is 0 Å². The fraction of sp³-hybridized carbons (Fsp3) is 0.148. The van der Waals surface area contributed by atoms with Crippen molar-refractivity contribution in [2.24, 2.45) is 0 Å². The third kappa shape index (κ3) is 4.36. The Morgan fingerprint density at radius 2 is 1.43 bits per heavy atom. The van der Waals surface area contributed by atoms with Crippen molar-refractivity contribution >= 4 is 16.7 Å². The highest BCUT2D eigenvalue weighted by molar-refractivity contribution is 5.95. The Balaban J connectivity index is 1.69. The lowest BCUT2D eigenvalue weighted by Crippen LogP contribution is -2.29. The van der Waals surface area contributed by atoms with Crippen LogP contribution in [0.25, 0.3) is 10.8 Å². The molecule has 1 amide bonds. The summed E-state index contributed by atoms with van der Waals surface area (Å²) in [5.41, 5.74) is 3.03. The number of carbonyl (C=O) groups is 1. The molecule has 3 heteroatoms. The maximum Gasteiger partial charge on any atom is 0.251 e. The molecule has 0 fully saturated rings. The van der Waals surface area contributed by atoms with Crippen LogP contribution in [-0.4, -0.2) is 13.0 Å². The van der Waals surface area contributed by atoms with Crippen LogP contribution in [0.15, 0.2) is 97.1 Å². The van der Waals surface area contributed by atoms with Gasteiger partial charge < -0.3 is 10.1 Å². The van der Waals surface area contributed by atoms with Gasteiger partial charge in [0.15, 0.2) is 0 Å². The van der Waals surface area contributed by atoms with Gasteiger partial charge in [0, 0.05) is 10.9 Å². The van der Waals surface area contributed by atoms with Crippen LogP contribution in [0, 0.1) is 0 Å². The third-order valence-electron chi connectivity index (χ3n) is 5.42. The van der Waals surface area contributed by atoms with E-state index < -0.39 is 0 Å². The Hall–Kier alpha value is -3.59. The van der Waals surface area contributed by atoms with E-state index in [1.54, 1.807) is 7.11 Å². The highest BCUT2D eigenvalue weighted by Gasteiger charge is 2.19. The van der Waals surface area contributed by atoms with Gasteiger partial charge in [0.2, 0.25) is 0 Å². The lowest BCUT2D eigenvalue weighted by Gasteiger charge is -2.22. The molecule has 0 saturated carbocycles. The number of amides is 1. The van der Waals surface area contributed by atoms with Gasteiger partial charge in [-0.1, -0.05) is 78.9 Å². The van der Waals surface area contributed by atoms with Gasteiger partial charge in [-0.3, -0.25) is 4.79 Å². The summed E-state index contributed by atoms with van der Waals surface area (Å²) < 4.78 is 5.55. The first-order valence-corrected chi connectivity index (χ1v) is 10.2. The zero-order chi connectivity index (χ0) is 20.8. The van der Waals surface area contributed by atoms with E-state index in [1.165, 1.54) is 5.56 Å².